The molecule has 3 N–H and O–H groups in total. The lowest BCUT2D eigenvalue weighted by Gasteiger charge is -2.14. The topological polar surface area (TPSA) is 68.0 Å². The van der Waals surface area contributed by atoms with Crippen LogP contribution < -0.4 is 11.1 Å². The molecule has 2 aromatic rings. The van der Waals surface area contributed by atoms with Gasteiger partial charge in [0.2, 0.25) is 0 Å². The van der Waals surface area contributed by atoms with Gasteiger partial charge in [-0.15, -0.1) is 0 Å². The molecule has 0 spiro atoms. The van der Waals surface area contributed by atoms with Crippen LogP contribution in [0, 0.1) is 0 Å². The van der Waals surface area contributed by atoms with Crippen molar-refractivity contribution in [3.63, 3.8) is 0 Å². The molecule has 0 aliphatic rings. The smallest absolute Gasteiger partial charge is 0.251 e. The van der Waals surface area contributed by atoms with Crippen LogP contribution in [-0.2, 0) is 0 Å². The second kappa shape index (κ2) is 6.11. The number of carbonyl (C=O) groups excluding carboxylic acids is 1. The van der Waals surface area contributed by atoms with Gasteiger partial charge >= 0.3 is 0 Å². The molecule has 1 atom stereocenters. The average molecular weight is 310 g/mol. The molecular formula is C14H13Cl2N3O. The molecule has 0 fully saturated rings. The number of aromatic nitrogens is 1. The van der Waals surface area contributed by atoms with Gasteiger partial charge < -0.3 is 11.1 Å². The average Bonchev–Trinajstić information content (AvgIpc) is 2.45. The fourth-order valence-electron chi connectivity index (χ4n) is 1.74. The Morgan fingerprint density at radius 1 is 1.40 bits per heavy atom. The molecule has 0 radical (unpaired) electrons. The Labute approximate surface area is 126 Å². The number of rotatable bonds is 3. The van der Waals surface area contributed by atoms with E-state index in [1.54, 1.807) is 12.4 Å². The maximum Gasteiger partial charge on any atom is 0.251 e. The fourth-order valence-corrected chi connectivity index (χ4v) is 2.07. The van der Waals surface area contributed by atoms with Gasteiger partial charge in [0.25, 0.3) is 5.91 Å². The SMILES string of the molecule is CC(NC(=O)c1cc(N)c(Cl)c(Cl)c1)c1cccnc1. The molecule has 6 heteroatoms. The summed E-state index contributed by atoms with van der Waals surface area (Å²) in [5.41, 5.74) is 7.25. The highest BCUT2D eigenvalue weighted by Gasteiger charge is 2.14. The van der Waals surface area contributed by atoms with Crippen molar-refractivity contribution in [2.24, 2.45) is 0 Å². The number of carbonyl (C=O) groups is 1. The minimum atomic E-state index is -0.272. The van der Waals surface area contributed by atoms with Gasteiger partial charge in [0.15, 0.2) is 0 Å². The summed E-state index contributed by atoms with van der Waals surface area (Å²) >= 11 is 11.8. The predicted octanol–water partition coefficient (Wildman–Crippen LogP) is 3.46. The lowest BCUT2D eigenvalue weighted by atomic mass is 10.1. The number of hydrogen-bond acceptors (Lipinski definition) is 3. The second-order valence-electron chi connectivity index (χ2n) is 4.34. The summed E-state index contributed by atoms with van der Waals surface area (Å²) in [7, 11) is 0. The quantitative estimate of drug-likeness (QED) is 0.853. The molecule has 1 aromatic heterocycles. The number of pyridine rings is 1. The van der Waals surface area contributed by atoms with E-state index in [2.05, 4.69) is 10.3 Å². The number of amides is 1. The zero-order valence-electron chi connectivity index (χ0n) is 10.7. The number of nitrogens with two attached hydrogens (primary N) is 1. The third-order valence-electron chi connectivity index (χ3n) is 2.85. The number of nitrogens with one attached hydrogen (secondary N) is 1. The summed E-state index contributed by atoms with van der Waals surface area (Å²) in [6.45, 7) is 1.87. The molecule has 0 saturated heterocycles. The Bertz CT molecular complexity index is 609. The van der Waals surface area contributed by atoms with Crippen molar-refractivity contribution in [3.8, 4) is 0 Å². The van der Waals surface area contributed by atoms with Crippen LogP contribution in [0.5, 0.6) is 0 Å². The van der Waals surface area contributed by atoms with Crippen LogP contribution in [0.15, 0.2) is 36.7 Å². The zero-order chi connectivity index (χ0) is 14.7. The van der Waals surface area contributed by atoms with Crippen LogP contribution in [0.1, 0.15) is 28.9 Å². The van der Waals surface area contributed by atoms with Crippen molar-refractivity contribution in [1.29, 1.82) is 0 Å². The van der Waals surface area contributed by atoms with Gasteiger partial charge in [-0.1, -0.05) is 29.3 Å². The first-order valence-corrected chi connectivity index (χ1v) is 6.70. The van der Waals surface area contributed by atoms with Crippen LogP contribution in [0.2, 0.25) is 10.0 Å². The van der Waals surface area contributed by atoms with Crippen LogP contribution in [0.25, 0.3) is 0 Å². The van der Waals surface area contributed by atoms with E-state index < -0.39 is 0 Å². The van der Waals surface area contributed by atoms with Crippen molar-refractivity contribution in [2.75, 3.05) is 5.73 Å². The molecule has 0 saturated carbocycles. The minimum Gasteiger partial charge on any atom is -0.397 e. The third-order valence-corrected chi connectivity index (χ3v) is 3.67. The number of anilines is 1. The molecule has 20 heavy (non-hydrogen) atoms. The largest absolute Gasteiger partial charge is 0.397 e. The molecule has 1 aromatic carbocycles. The highest BCUT2D eigenvalue weighted by molar-refractivity contribution is 6.43. The predicted molar refractivity (Wildman–Crippen MR) is 81.0 cm³/mol. The van der Waals surface area contributed by atoms with Crippen molar-refractivity contribution >= 4 is 34.8 Å². The van der Waals surface area contributed by atoms with E-state index in [0.717, 1.165) is 5.56 Å². The van der Waals surface area contributed by atoms with E-state index in [1.165, 1.54) is 12.1 Å². The standard InChI is InChI=1S/C14H13Cl2N3O/c1-8(9-3-2-4-18-7-9)19-14(20)10-5-11(15)13(16)12(17)6-10/h2-8H,17H2,1H3,(H,19,20). The Kier molecular flexibility index (Phi) is 4.47. The first-order chi connectivity index (χ1) is 9.49. The third kappa shape index (κ3) is 3.21. The van der Waals surface area contributed by atoms with Gasteiger partial charge in [-0.05, 0) is 30.7 Å². The highest BCUT2D eigenvalue weighted by atomic mass is 35.5. The lowest BCUT2D eigenvalue weighted by molar-refractivity contribution is 0.0940. The summed E-state index contributed by atoms with van der Waals surface area (Å²) in [6.07, 6.45) is 3.38. The van der Waals surface area contributed by atoms with Crippen molar-refractivity contribution in [2.45, 2.75) is 13.0 Å². The van der Waals surface area contributed by atoms with Crippen molar-refractivity contribution < 1.29 is 4.79 Å². The number of nitrogens with zero attached hydrogens (tertiary/aromatic N) is 1. The number of halogens is 2. The van der Waals surface area contributed by atoms with Gasteiger partial charge in [-0.3, -0.25) is 9.78 Å². The summed E-state index contributed by atoms with van der Waals surface area (Å²) in [4.78, 5) is 16.2. The van der Waals surface area contributed by atoms with Crippen LogP contribution >= 0.6 is 23.2 Å². The molecular weight excluding hydrogens is 297 g/mol. The molecule has 1 amide bonds. The Balaban J connectivity index is 2.17. The summed E-state index contributed by atoms with van der Waals surface area (Å²) in [5.74, 6) is -0.272. The monoisotopic (exact) mass is 309 g/mol. The molecule has 0 aliphatic heterocycles. The summed E-state index contributed by atoms with van der Waals surface area (Å²) < 4.78 is 0. The van der Waals surface area contributed by atoms with E-state index in [4.69, 9.17) is 28.9 Å². The van der Waals surface area contributed by atoms with Gasteiger partial charge in [-0.25, -0.2) is 0 Å². The molecule has 104 valence electrons. The van der Waals surface area contributed by atoms with E-state index in [9.17, 15) is 4.79 Å². The van der Waals surface area contributed by atoms with E-state index >= 15 is 0 Å². The number of hydrogen-bond donors (Lipinski definition) is 2. The zero-order valence-corrected chi connectivity index (χ0v) is 12.2. The van der Waals surface area contributed by atoms with Gasteiger partial charge in [-0.2, -0.15) is 0 Å². The Morgan fingerprint density at radius 2 is 2.15 bits per heavy atom. The van der Waals surface area contributed by atoms with E-state index in [-0.39, 0.29) is 27.7 Å². The lowest BCUT2D eigenvalue weighted by Crippen LogP contribution is -2.26. The van der Waals surface area contributed by atoms with Crippen molar-refractivity contribution in [3.05, 3.63) is 57.8 Å². The van der Waals surface area contributed by atoms with Gasteiger partial charge in [0.1, 0.15) is 0 Å². The molecule has 0 bridgehead atoms. The fraction of sp³-hybridized carbons (Fsp3) is 0.143. The Hall–Kier alpha value is -1.78. The van der Waals surface area contributed by atoms with Gasteiger partial charge in [0.05, 0.1) is 21.8 Å². The number of benzene rings is 1. The van der Waals surface area contributed by atoms with E-state index in [0.29, 0.717) is 5.56 Å². The number of nitrogen functional groups attached to an aromatic ring is 1. The summed E-state index contributed by atoms with van der Waals surface area (Å²) in [5, 5.41) is 3.36. The second-order valence-corrected chi connectivity index (χ2v) is 5.13. The van der Waals surface area contributed by atoms with E-state index in [1.807, 2.05) is 19.1 Å². The molecule has 0 aliphatic carbocycles. The first-order valence-electron chi connectivity index (χ1n) is 5.94. The first kappa shape index (κ1) is 14.6. The van der Waals surface area contributed by atoms with Crippen LogP contribution in [-0.4, -0.2) is 10.9 Å². The highest BCUT2D eigenvalue weighted by Crippen LogP contribution is 2.29. The maximum atomic E-state index is 12.2. The molecule has 1 unspecified atom stereocenters. The molecule has 4 nitrogen and oxygen atoms in total. The molecule has 1 heterocycles. The van der Waals surface area contributed by atoms with Crippen molar-refractivity contribution in [1.82, 2.24) is 10.3 Å². The minimum absolute atomic E-state index is 0.174. The summed E-state index contributed by atoms with van der Waals surface area (Å²) in [6, 6.07) is 6.52. The van der Waals surface area contributed by atoms with Gasteiger partial charge in [0, 0.05) is 18.0 Å². The maximum absolute atomic E-state index is 12.2. The normalized spacial score (nSPS) is 11.9. The van der Waals surface area contributed by atoms with Crippen LogP contribution in [0.4, 0.5) is 5.69 Å². The van der Waals surface area contributed by atoms with Crippen LogP contribution in [0.3, 0.4) is 0 Å². The molecule has 2 rings (SSSR count). The Morgan fingerprint density at radius 3 is 2.75 bits per heavy atom.